The van der Waals surface area contributed by atoms with E-state index in [1.807, 2.05) is 39.0 Å². The van der Waals surface area contributed by atoms with Gasteiger partial charge >= 0.3 is 5.97 Å². The molecule has 2 N–H and O–H groups in total. The highest BCUT2D eigenvalue weighted by Gasteiger charge is 2.15. The van der Waals surface area contributed by atoms with Gasteiger partial charge in [-0.2, -0.15) is 0 Å². The standard InChI is InChI=1S/C23H33N3O5/c1-6-24-23(26-15-19-13-20(17(4)31-19)22(27)28-5)25-14-18-9-8-16(3)12-21(18)30-11-10-29-7-2/h8-9,12-13H,6-7,10-11,14-15H2,1-5H3,(H2,24,25,26). The average molecular weight is 432 g/mol. The summed E-state index contributed by atoms with van der Waals surface area (Å²) in [6.07, 6.45) is 0. The molecule has 0 fully saturated rings. The van der Waals surface area contributed by atoms with Crippen LogP contribution in [-0.2, 0) is 22.6 Å². The minimum absolute atomic E-state index is 0.384. The van der Waals surface area contributed by atoms with Gasteiger partial charge in [0.05, 0.1) is 26.8 Å². The number of hydrogen-bond donors (Lipinski definition) is 2. The highest BCUT2D eigenvalue weighted by molar-refractivity contribution is 5.90. The van der Waals surface area contributed by atoms with Crippen LogP contribution in [0.15, 0.2) is 33.7 Å². The van der Waals surface area contributed by atoms with Crippen LogP contribution in [0.1, 0.15) is 46.9 Å². The van der Waals surface area contributed by atoms with Gasteiger partial charge in [-0.3, -0.25) is 0 Å². The largest absolute Gasteiger partial charge is 0.491 e. The van der Waals surface area contributed by atoms with E-state index in [-0.39, 0.29) is 0 Å². The fraction of sp³-hybridized carbons (Fsp3) is 0.478. The Morgan fingerprint density at radius 2 is 1.94 bits per heavy atom. The third-order valence-electron chi connectivity index (χ3n) is 4.47. The van der Waals surface area contributed by atoms with Gasteiger partial charge in [0.2, 0.25) is 0 Å². The lowest BCUT2D eigenvalue weighted by Crippen LogP contribution is -2.36. The maximum atomic E-state index is 11.8. The number of rotatable bonds is 11. The molecule has 0 unspecified atom stereocenters. The van der Waals surface area contributed by atoms with E-state index in [9.17, 15) is 4.79 Å². The van der Waals surface area contributed by atoms with E-state index in [0.29, 0.717) is 62.5 Å². The maximum absolute atomic E-state index is 11.8. The second-order valence-electron chi connectivity index (χ2n) is 6.88. The number of carbonyl (C=O) groups excluding carboxylic acids is 1. The Balaban J connectivity index is 2.05. The van der Waals surface area contributed by atoms with Gasteiger partial charge in [-0.1, -0.05) is 12.1 Å². The molecule has 0 aliphatic carbocycles. The lowest BCUT2D eigenvalue weighted by molar-refractivity contribution is 0.0599. The van der Waals surface area contributed by atoms with E-state index < -0.39 is 5.97 Å². The number of nitrogens with one attached hydrogen (secondary N) is 2. The first-order chi connectivity index (χ1) is 15.0. The second-order valence-corrected chi connectivity index (χ2v) is 6.88. The summed E-state index contributed by atoms with van der Waals surface area (Å²) in [5, 5.41) is 6.44. The zero-order valence-electron chi connectivity index (χ0n) is 19.0. The second kappa shape index (κ2) is 12.6. The van der Waals surface area contributed by atoms with Crippen molar-refractivity contribution in [3.63, 3.8) is 0 Å². The molecule has 1 aromatic carbocycles. The van der Waals surface area contributed by atoms with E-state index >= 15 is 0 Å². The quantitative estimate of drug-likeness (QED) is 0.244. The van der Waals surface area contributed by atoms with E-state index in [4.69, 9.17) is 18.6 Å². The van der Waals surface area contributed by atoms with Crippen molar-refractivity contribution in [3.05, 3.63) is 52.5 Å². The first kappa shape index (κ1) is 24.3. The van der Waals surface area contributed by atoms with Crippen molar-refractivity contribution < 1.29 is 23.4 Å². The minimum atomic E-state index is -0.413. The summed E-state index contributed by atoms with van der Waals surface area (Å²) in [6.45, 7) is 11.0. The van der Waals surface area contributed by atoms with Gasteiger partial charge in [-0.15, -0.1) is 0 Å². The molecule has 0 saturated carbocycles. The number of ether oxygens (including phenoxy) is 3. The van der Waals surface area contributed by atoms with Gasteiger partial charge in [-0.25, -0.2) is 9.79 Å². The Labute approximate surface area is 184 Å². The molecule has 2 aromatic rings. The van der Waals surface area contributed by atoms with Crippen molar-refractivity contribution in [2.75, 3.05) is 33.5 Å². The van der Waals surface area contributed by atoms with Gasteiger partial charge in [-0.05, 0) is 45.4 Å². The monoisotopic (exact) mass is 431 g/mol. The number of furan rings is 1. The van der Waals surface area contributed by atoms with Crippen LogP contribution in [0.25, 0.3) is 0 Å². The molecule has 0 amide bonds. The number of methoxy groups -OCH3 is 1. The SMILES string of the molecule is CCNC(=NCc1ccc(C)cc1OCCOCC)NCc1cc(C(=O)OC)c(C)o1. The van der Waals surface area contributed by atoms with Crippen molar-refractivity contribution in [2.45, 2.75) is 40.8 Å². The summed E-state index contributed by atoms with van der Waals surface area (Å²) in [5.74, 6) is 2.18. The van der Waals surface area contributed by atoms with Crippen LogP contribution >= 0.6 is 0 Å². The number of hydrogen-bond acceptors (Lipinski definition) is 6. The summed E-state index contributed by atoms with van der Waals surface area (Å²) in [4.78, 5) is 16.4. The molecule has 1 heterocycles. The van der Waals surface area contributed by atoms with Crippen LogP contribution in [0.2, 0.25) is 0 Å². The number of carbonyl (C=O) groups is 1. The molecular formula is C23H33N3O5. The highest BCUT2D eigenvalue weighted by atomic mass is 16.5. The maximum Gasteiger partial charge on any atom is 0.341 e. The van der Waals surface area contributed by atoms with Crippen LogP contribution in [0, 0.1) is 13.8 Å². The first-order valence-electron chi connectivity index (χ1n) is 10.5. The van der Waals surface area contributed by atoms with Crippen molar-refractivity contribution in [3.8, 4) is 5.75 Å². The third-order valence-corrected chi connectivity index (χ3v) is 4.47. The van der Waals surface area contributed by atoms with Crippen molar-refractivity contribution in [1.82, 2.24) is 10.6 Å². The molecule has 0 radical (unpaired) electrons. The number of aryl methyl sites for hydroxylation is 2. The lowest BCUT2D eigenvalue weighted by Gasteiger charge is -2.13. The predicted octanol–water partition coefficient (Wildman–Crippen LogP) is 3.35. The molecular weight excluding hydrogens is 398 g/mol. The van der Waals surface area contributed by atoms with Crippen LogP contribution < -0.4 is 15.4 Å². The molecule has 2 rings (SSSR count). The Kier molecular flexibility index (Phi) is 9.90. The summed E-state index contributed by atoms with van der Waals surface area (Å²) < 4.78 is 21.7. The molecule has 0 saturated heterocycles. The molecule has 0 aliphatic rings. The van der Waals surface area contributed by atoms with E-state index in [0.717, 1.165) is 16.9 Å². The molecule has 0 spiro atoms. The summed E-state index contributed by atoms with van der Waals surface area (Å²) in [7, 11) is 1.35. The summed E-state index contributed by atoms with van der Waals surface area (Å²) in [6, 6.07) is 7.76. The molecule has 0 atom stereocenters. The van der Waals surface area contributed by atoms with Gasteiger partial charge in [0.1, 0.15) is 29.4 Å². The van der Waals surface area contributed by atoms with Gasteiger partial charge in [0.15, 0.2) is 5.96 Å². The topological polar surface area (TPSA) is 94.3 Å². The minimum Gasteiger partial charge on any atom is -0.491 e. The molecule has 8 heteroatoms. The molecule has 0 bridgehead atoms. The van der Waals surface area contributed by atoms with E-state index in [1.165, 1.54) is 7.11 Å². The molecule has 170 valence electrons. The first-order valence-corrected chi connectivity index (χ1v) is 10.5. The number of esters is 1. The Morgan fingerprint density at radius 1 is 1.13 bits per heavy atom. The van der Waals surface area contributed by atoms with Crippen LogP contribution in [0.5, 0.6) is 5.75 Å². The van der Waals surface area contributed by atoms with E-state index in [1.54, 1.807) is 13.0 Å². The fourth-order valence-electron chi connectivity index (χ4n) is 2.90. The summed E-state index contributed by atoms with van der Waals surface area (Å²) in [5.41, 5.74) is 2.54. The van der Waals surface area contributed by atoms with Crippen molar-refractivity contribution >= 4 is 11.9 Å². The number of nitrogens with zero attached hydrogens (tertiary/aromatic N) is 1. The smallest absolute Gasteiger partial charge is 0.341 e. The van der Waals surface area contributed by atoms with Crippen molar-refractivity contribution in [2.24, 2.45) is 4.99 Å². The molecule has 8 nitrogen and oxygen atoms in total. The normalized spacial score (nSPS) is 11.3. The lowest BCUT2D eigenvalue weighted by atomic mass is 10.1. The Bertz CT molecular complexity index is 876. The molecule has 1 aromatic heterocycles. The van der Waals surface area contributed by atoms with Crippen LogP contribution in [0.3, 0.4) is 0 Å². The van der Waals surface area contributed by atoms with Crippen LogP contribution in [0.4, 0.5) is 0 Å². The Hall–Kier alpha value is -3.00. The third kappa shape index (κ3) is 7.64. The number of guanidine groups is 1. The van der Waals surface area contributed by atoms with E-state index in [2.05, 4.69) is 15.6 Å². The fourth-order valence-corrected chi connectivity index (χ4v) is 2.90. The predicted molar refractivity (Wildman–Crippen MR) is 120 cm³/mol. The molecule has 0 aliphatic heterocycles. The summed E-state index contributed by atoms with van der Waals surface area (Å²) >= 11 is 0. The molecule has 31 heavy (non-hydrogen) atoms. The van der Waals surface area contributed by atoms with Crippen molar-refractivity contribution in [1.29, 1.82) is 0 Å². The zero-order valence-corrected chi connectivity index (χ0v) is 19.0. The Morgan fingerprint density at radius 3 is 2.65 bits per heavy atom. The van der Waals surface area contributed by atoms with Gasteiger partial charge < -0.3 is 29.3 Å². The average Bonchev–Trinajstić information content (AvgIpc) is 3.14. The van der Waals surface area contributed by atoms with Gasteiger partial charge in [0, 0.05) is 18.7 Å². The van der Waals surface area contributed by atoms with Crippen LogP contribution in [-0.4, -0.2) is 45.4 Å². The zero-order chi connectivity index (χ0) is 22.6. The number of aliphatic imine (C=N–C) groups is 1. The highest BCUT2D eigenvalue weighted by Crippen LogP contribution is 2.21. The van der Waals surface area contributed by atoms with Gasteiger partial charge in [0.25, 0.3) is 0 Å². The number of benzene rings is 1.